The quantitative estimate of drug-likeness (QED) is 0.242. The van der Waals surface area contributed by atoms with E-state index in [9.17, 15) is 14.3 Å². The number of imidazole rings is 1. The van der Waals surface area contributed by atoms with Crippen LogP contribution in [0.25, 0.3) is 56.0 Å². The molecule has 0 saturated heterocycles. The number of rotatable bonds is 6. The van der Waals surface area contributed by atoms with Gasteiger partial charge in [0, 0.05) is 47.8 Å². The number of carbonyl (C=O) groups excluding carboxylic acids is 1. The Morgan fingerprint density at radius 3 is 2.76 bits per heavy atom. The van der Waals surface area contributed by atoms with Gasteiger partial charge in [-0.05, 0) is 36.8 Å². The minimum Gasteiger partial charge on any atom is -0.508 e. The topological polar surface area (TPSA) is 145 Å². The number of aromatic nitrogens is 7. The Bertz CT molecular complexity index is 1810. The fourth-order valence-corrected chi connectivity index (χ4v) is 4.33. The van der Waals surface area contributed by atoms with Gasteiger partial charge in [-0.15, -0.1) is 0 Å². The summed E-state index contributed by atoms with van der Waals surface area (Å²) in [6, 6.07) is 9.30. The molecule has 0 unspecified atom stereocenters. The van der Waals surface area contributed by atoms with Crippen LogP contribution < -0.4 is 5.32 Å². The van der Waals surface area contributed by atoms with Gasteiger partial charge in [0.1, 0.15) is 22.8 Å². The highest BCUT2D eigenvalue weighted by molar-refractivity contribution is 5.96. The van der Waals surface area contributed by atoms with E-state index >= 15 is 0 Å². The van der Waals surface area contributed by atoms with Crippen LogP contribution in [0.3, 0.4) is 0 Å². The van der Waals surface area contributed by atoms with E-state index in [4.69, 9.17) is 4.98 Å². The van der Waals surface area contributed by atoms with Crippen LogP contribution in [0.2, 0.25) is 0 Å². The van der Waals surface area contributed by atoms with Gasteiger partial charge in [0.05, 0.1) is 28.5 Å². The summed E-state index contributed by atoms with van der Waals surface area (Å²) in [6.45, 7) is 1.95. The van der Waals surface area contributed by atoms with Crippen molar-refractivity contribution < 1.29 is 14.3 Å². The summed E-state index contributed by atoms with van der Waals surface area (Å²) in [5, 5.41) is 20.8. The van der Waals surface area contributed by atoms with Gasteiger partial charge in [0.15, 0.2) is 11.5 Å². The van der Waals surface area contributed by atoms with E-state index in [1.165, 1.54) is 12.1 Å². The first-order valence-corrected chi connectivity index (χ1v) is 11.9. The van der Waals surface area contributed by atoms with E-state index in [2.05, 4.69) is 35.5 Å². The normalized spacial score (nSPS) is 11.3. The number of benzene rings is 1. The molecule has 11 heteroatoms. The molecule has 4 N–H and O–H groups in total. The minimum atomic E-state index is -0.573. The number of fused-ring (bicyclic) bond motifs is 2. The number of nitrogens with one attached hydrogen (secondary N) is 3. The second kappa shape index (κ2) is 9.36. The van der Waals surface area contributed by atoms with Crippen LogP contribution in [-0.2, 0) is 4.79 Å². The molecular formula is C27H21FN8O2. The summed E-state index contributed by atoms with van der Waals surface area (Å²) < 4.78 is 14.0. The van der Waals surface area contributed by atoms with Gasteiger partial charge < -0.3 is 15.4 Å². The van der Waals surface area contributed by atoms with E-state index in [1.807, 2.05) is 19.1 Å². The molecule has 5 aromatic heterocycles. The second-order valence-corrected chi connectivity index (χ2v) is 8.79. The fraction of sp³-hybridized carbons (Fsp3) is 0.111. The van der Waals surface area contributed by atoms with Crippen LogP contribution in [0.15, 0.2) is 61.2 Å². The number of aromatic hydroxyl groups is 1. The number of hydrogen-bond acceptors (Lipinski definition) is 7. The molecule has 0 spiro atoms. The molecule has 5 heterocycles. The molecule has 6 aromatic rings. The predicted octanol–water partition coefficient (Wildman–Crippen LogP) is 5.21. The molecular weight excluding hydrogens is 487 g/mol. The zero-order chi connectivity index (χ0) is 26.2. The maximum absolute atomic E-state index is 14.0. The van der Waals surface area contributed by atoms with Crippen LogP contribution in [-0.4, -0.2) is 46.1 Å². The maximum Gasteiger partial charge on any atom is 0.224 e. The number of phenols is 1. The van der Waals surface area contributed by atoms with E-state index in [-0.39, 0.29) is 11.7 Å². The summed E-state index contributed by atoms with van der Waals surface area (Å²) in [5.41, 5.74) is 5.31. The number of halogens is 1. The van der Waals surface area contributed by atoms with Crippen molar-refractivity contribution in [2.45, 2.75) is 19.8 Å². The zero-order valence-corrected chi connectivity index (χ0v) is 20.2. The molecule has 0 aliphatic heterocycles. The molecule has 0 aliphatic rings. The molecule has 0 atom stereocenters. The average Bonchev–Trinajstić information content (AvgIpc) is 3.52. The van der Waals surface area contributed by atoms with Gasteiger partial charge >= 0.3 is 0 Å². The molecule has 0 fully saturated rings. The van der Waals surface area contributed by atoms with Crippen LogP contribution in [0.1, 0.15) is 19.8 Å². The van der Waals surface area contributed by atoms with Gasteiger partial charge in [-0.2, -0.15) is 5.10 Å². The van der Waals surface area contributed by atoms with Crippen LogP contribution >= 0.6 is 0 Å². The van der Waals surface area contributed by atoms with Crippen LogP contribution in [0.4, 0.5) is 10.1 Å². The van der Waals surface area contributed by atoms with Gasteiger partial charge in [-0.3, -0.25) is 19.9 Å². The lowest BCUT2D eigenvalue weighted by Gasteiger charge is -2.07. The number of anilines is 1. The Morgan fingerprint density at radius 1 is 1.05 bits per heavy atom. The SMILES string of the molecule is CCCC(=O)Nc1cncc(-c2cnc3n[nH]c(-c4nc5c(-c6cc(O)cc(F)c6)nccc5[nH]4)c3c2)c1. The highest BCUT2D eigenvalue weighted by atomic mass is 19.1. The van der Waals surface area contributed by atoms with Gasteiger partial charge in [-0.25, -0.2) is 14.4 Å². The van der Waals surface area contributed by atoms with Crippen LogP contribution in [0, 0.1) is 5.82 Å². The smallest absolute Gasteiger partial charge is 0.224 e. The maximum atomic E-state index is 14.0. The summed E-state index contributed by atoms with van der Waals surface area (Å²) in [4.78, 5) is 33.1. The third-order valence-electron chi connectivity index (χ3n) is 6.04. The van der Waals surface area contributed by atoms with Gasteiger partial charge in [0.25, 0.3) is 0 Å². The van der Waals surface area contributed by atoms with Gasteiger partial charge in [0.2, 0.25) is 5.91 Å². The lowest BCUT2D eigenvalue weighted by molar-refractivity contribution is -0.116. The molecule has 6 rings (SSSR count). The van der Waals surface area contributed by atoms with Crippen molar-refractivity contribution in [3.63, 3.8) is 0 Å². The Balaban J connectivity index is 1.41. The standard InChI is InChI=1S/C27H21FN8O2/c1-2-3-22(38)32-18-7-15(11-29-13-18)16-9-20-24(35-36-26(20)31-12-16)27-33-21-4-5-30-23(25(21)34-27)14-6-17(28)10-19(37)8-14/h4-13,37H,2-3H2,1H3,(H,32,38)(H,33,34)(H,31,35,36). The first kappa shape index (κ1) is 23.2. The number of H-pyrrole nitrogens is 2. The molecule has 0 bridgehead atoms. The van der Waals surface area contributed by atoms with Gasteiger partial charge in [-0.1, -0.05) is 6.92 Å². The van der Waals surface area contributed by atoms with Crippen molar-refractivity contribution in [2.75, 3.05) is 5.32 Å². The summed E-state index contributed by atoms with van der Waals surface area (Å²) in [6.07, 6.45) is 7.78. The number of nitrogens with zero attached hydrogens (tertiary/aromatic N) is 5. The Labute approximate surface area is 215 Å². The minimum absolute atomic E-state index is 0.0654. The summed E-state index contributed by atoms with van der Waals surface area (Å²) >= 11 is 0. The largest absolute Gasteiger partial charge is 0.508 e. The molecule has 1 aromatic carbocycles. The fourth-order valence-electron chi connectivity index (χ4n) is 4.33. The average molecular weight is 509 g/mol. The van der Waals surface area contributed by atoms with Crippen molar-refractivity contribution in [3.8, 4) is 39.7 Å². The van der Waals surface area contributed by atoms with Crippen molar-refractivity contribution in [2.24, 2.45) is 0 Å². The lowest BCUT2D eigenvalue weighted by Crippen LogP contribution is -2.10. The molecule has 0 radical (unpaired) electrons. The molecule has 1 amide bonds. The van der Waals surface area contributed by atoms with Crippen molar-refractivity contribution >= 4 is 33.7 Å². The molecule has 10 nitrogen and oxygen atoms in total. The Morgan fingerprint density at radius 2 is 1.92 bits per heavy atom. The van der Waals surface area contributed by atoms with Crippen molar-refractivity contribution in [1.29, 1.82) is 0 Å². The van der Waals surface area contributed by atoms with Crippen LogP contribution in [0.5, 0.6) is 5.75 Å². The molecule has 0 saturated carbocycles. The predicted molar refractivity (Wildman–Crippen MR) is 141 cm³/mol. The number of amides is 1. The molecule has 0 aliphatic carbocycles. The van der Waals surface area contributed by atoms with E-state index in [0.29, 0.717) is 51.6 Å². The molecule has 188 valence electrons. The summed E-state index contributed by atoms with van der Waals surface area (Å²) in [5.74, 6) is -0.341. The monoisotopic (exact) mass is 508 g/mol. The second-order valence-electron chi connectivity index (χ2n) is 8.79. The lowest BCUT2D eigenvalue weighted by atomic mass is 10.1. The number of hydrogen-bond donors (Lipinski definition) is 4. The molecule has 38 heavy (non-hydrogen) atoms. The zero-order valence-electron chi connectivity index (χ0n) is 20.2. The first-order valence-electron chi connectivity index (χ1n) is 11.9. The summed E-state index contributed by atoms with van der Waals surface area (Å²) in [7, 11) is 0. The first-order chi connectivity index (χ1) is 18.5. The number of pyridine rings is 3. The number of aromatic amines is 2. The van der Waals surface area contributed by atoms with E-state index in [0.717, 1.165) is 29.0 Å². The van der Waals surface area contributed by atoms with E-state index in [1.54, 1.807) is 30.9 Å². The Kier molecular flexibility index (Phi) is 5.72. The number of carbonyl (C=O) groups is 1. The third-order valence-corrected chi connectivity index (χ3v) is 6.04. The van der Waals surface area contributed by atoms with Crippen molar-refractivity contribution in [1.82, 2.24) is 35.1 Å². The Hall–Kier alpha value is -5.19. The highest BCUT2D eigenvalue weighted by Gasteiger charge is 2.17. The number of phenolic OH excluding ortho intramolecular Hbond substituents is 1. The highest BCUT2D eigenvalue weighted by Crippen LogP contribution is 2.33. The third kappa shape index (κ3) is 4.30. The van der Waals surface area contributed by atoms with E-state index < -0.39 is 5.82 Å². The van der Waals surface area contributed by atoms with Crippen molar-refractivity contribution in [3.05, 3.63) is 67.0 Å².